The third-order valence-corrected chi connectivity index (χ3v) is 4.05. The Morgan fingerprint density at radius 1 is 1.17 bits per heavy atom. The van der Waals surface area contributed by atoms with Crippen molar-refractivity contribution < 1.29 is 24.2 Å². The van der Waals surface area contributed by atoms with Crippen molar-refractivity contribution in [2.24, 2.45) is 0 Å². The minimum Gasteiger partial charge on any atom is -0.493 e. The molecule has 0 saturated heterocycles. The quantitative estimate of drug-likeness (QED) is 0.812. The molecule has 1 aromatic heterocycles. The Bertz CT molecular complexity index is 697. The minimum absolute atomic E-state index is 0.132. The predicted octanol–water partition coefficient (Wildman–Crippen LogP) is 2.65. The van der Waals surface area contributed by atoms with Gasteiger partial charge in [-0.2, -0.15) is 0 Å². The fraction of sp³-hybridized carbons (Fsp3) is 0.250. The molecule has 23 heavy (non-hydrogen) atoms. The van der Waals surface area contributed by atoms with E-state index in [1.165, 1.54) is 12.1 Å². The number of hydrogen-bond donors (Lipinski definition) is 2. The number of hydrogen-bond acceptors (Lipinski definition) is 5. The van der Waals surface area contributed by atoms with Crippen LogP contribution in [0.15, 0.2) is 36.4 Å². The number of methoxy groups -OCH3 is 1. The monoisotopic (exact) mass is 335 g/mol. The lowest BCUT2D eigenvalue weighted by molar-refractivity contribution is 0.0702. The van der Waals surface area contributed by atoms with Crippen LogP contribution < -0.4 is 14.8 Å². The van der Waals surface area contributed by atoms with E-state index in [0.29, 0.717) is 16.4 Å². The molecule has 0 bridgehead atoms. The van der Waals surface area contributed by atoms with Gasteiger partial charge >= 0.3 is 5.97 Å². The van der Waals surface area contributed by atoms with Crippen LogP contribution in [0.1, 0.15) is 26.3 Å². The number of carbonyl (C=O) groups excluding carboxylic acids is 1. The van der Waals surface area contributed by atoms with Gasteiger partial charge in [0.1, 0.15) is 11.5 Å². The first kappa shape index (κ1) is 16.8. The lowest BCUT2D eigenvalue weighted by atomic mass is 10.3. The highest BCUT2D eigenvalue weighted by molar-refractivity contribution is 7.15. The maximum absolute atomic E-state index is 12.1. The lowest BCUT2D eigenvalue weighted by Gasteiger charge is -2.16. The molecule has 2 aromatic rings. The zero-order valence-electron chi connectivity index (χ0n) is 12.7. The van der Waals surface area contributed by atoms with Gasteiger partial charge in [-0.1, -0.05) is 12.1 Å². The van der Waals surface area contributed by atoms with Gasteiger partial charge in [-0.25, -0.2) is 4.79 Å². The molecule has 0 radical (unpaired) electrons. The van der Waals surface area contributed by atoms with E-state index < -0.39 is 5.97 Å². The number of amides is 1. The summed E-state index contributed by atoms with van der Waals surface area (Å²) in [6.45, 7) is 2.07. The second-order valence-electron chi connectivity index (χ2n) is 4.81. The van der Waals surface area contributed by atoms with Crippen LogP contribution in [-0.2, 0) is 0 Å². The van der Waals surface area contributed by atoms with Crippen LogP contribution in [0, 0.1) is 0 Å². The minimum atomic E-state index is -1.04. The van der Waals surface area contributed by atoms with Crippen LogP contribution in [0.5, 0.6) is 11.5 Å². The van der Waals surface area contributed by atoms with Gasteiger partial charge in [0.25, 0.3) is 5.91 Å². The number of carboxylic acid groups (broad SMARTS) is 1. The van der Waals surface area contributed by atoms with Crippen molar-refractivity contribution in [1.82, 2.24) is 5.32 Å². The smallest absolute Gasteiger partial charge is 0.345 e. The van der Waals surface area contributed by atoms with Gasteiger partial charge in [0.05, 0.1) is 18.0 Å². The van der Waals surface area contributed by atoms with E-state index in [-0.39, 0.29) is 23.4 Å². The van der Waals surface area contributed by atoms with Gasteiger partial charge < -0.3 is 19.9 Å². The molecule has 1 amide bonds. The van der Waals surface area contributed by atoms with Gasteiger partial charge in [-0.15, -0.1) is 11.3 Å². The highest BCUT2D eigenvalue weighted by Crippen LogP contribution is 2.25. The van der Waals surface area contributed by atoms with E-state index in [9.17, 15) is 9.59 Å². The summed E-state index contributed by atoms with van der Waals surface area (Å²) in [6, 6.07) is 9.91. The number of nitrogens with one attached hydrogen (secondary N) is 1. The first-order chi connectivity index (χ1) is 11.0. The second-order valence-corrected chi connectivity index (χ2v) is 5.89. The highest BCUT2D eigenvalue weighted by Gasteiger charge is 2.15. The molecule has 122 valence electrons. The van der Waals surface area contributed by atoms with Crippen LogP contribution in [-0.4, -0.2) is 36.7 Å². The van der Waals surface area contributed by atoms with E-state index in [4.69, 9.17) is 14.6 Å². The molecule has 6 nitrogen and oxygen atoms in total. The highest BCUT2D eigenvalue weighted by atomic mass is 32.1. The van der Waals surface area contributed by atoms with Crippen molar-refractivity contribution in [3.63, 3.8) is 0 Å². The number of aromatic carboxylic acids is 1. The molecule has 0 saturated carbocycles. The maximum Gasteiger partial charge on any atom is 0.345 e. The number of thiophene rings is 1. The SMILES string of the molecule is COc1ccccc1OC[C@H](C)NC(=O)c1ccc(C(=O)O)s1. The number of para-hydroxylation sites is 2. The van der Waals surface area contributed by atoms with Crippen LogP contribution in [0.25, 0.3) is 0 Å². The average molecular weight is 335 g/mol. The fourth-order valence-corrected chi connectivity index (χ4v) is 2.61. The van der Waals surface area contributed by atoms with Crippen molar-refractivity contribution in [2.45, 2.75) is 13.0 Å². The predicted molar refractivity (Wildman–Crippen MR) is 86.7 cm³/mol. The third kappa shape index (κ3) is 4.46. The summed E-state index contributed by atoms with van der Waals surface area (Å²) in [5.74, 6) is -0.143. The van der Waals surface area contributed by atoms with Crippen molar-refractivity contribution in [3.05, 3.63) is 46.2 Å². The summed E-state index contributed by atoms with van der Waals surface area (Å²) >= 11 is 0.939. The van der Waals surface area contributed by atoms with Crippen LogP contribution in [0.4, 0.5) is 0 Å². The average Bonchev–Trinajstić information content (AvgIpc) is 3.03. The Labute approximate surface area is 137 Å². The molecule has 7 heteroatoms. The molecule has 2 N–H and O–H groups in total. The molecule has 1 aromatic carbocycles. The summed E-state index contributed by atoms with van der Waals surface area (Å²) in [4.78, 5) is 23.4. The largest absolute Gasteiger partial charge is 0.493 e. The molecular formula is C16H17NO5S. The van der Waals surface area contributed by atoms with E-state index >= 15 is 0 Å². The summed E-state index contributed by atoms with van der Waals surface area (Å²) in [7, 11) is 1.56. The molecule has 0 aliphatic rings. The van der Waals surface area contributed by atoms with E-state index in [1.807, 2.05) is 12.1 Å². The standard InChI is InChI=1S/C16H17NO5S/c1-10(9-22-12-6-4-3-5-11(12)21-2)17-15(18)13-7-8-14(23-13)16(19)20/h3-8,10H,9H2,1-2H3,(H,17,18)(H,19,20)/t10-/m0/s1. The zero-order valence-corrected chi connectivity index (χ0v) is 13.6. The Balaban J connectivity index is 1.89. The first-order valence-corrected chi connectivity index (χ1v) is 7.72. The molecule has 0 fully saturated rings. The van der Waals surface area contributed by atoms with Gasteiger partial charge in [-0.3, -0.25) is 4.79 Å². The Morgan fingerprint density at radius 2 is 1.83 bits per heavy atom. The molecule has 1 heterocycles. The van der Waals surface area contributed by atoms with Crippen molar-refractivity contribution in [3.8, 4) is 11.5 Å². The molecule has 0 aliphatic heterocycles. The summed E-state index contributed by atoms with van der Waals surface area (Å²) in [6.07, 6.45) is 0. The van der Waals surface area contributed by atoms with Gasteiger partial charge in [0, 0.05) is 0 Å². The van der Waals surface area contributed by atoms with Crippen molar-refractivity contribution in [1.29, 1.82) is 0 Å². The molecule has 0 unspecified atom stereocenters. The van der Waals surface area contributed by atoms with Crippen LogP contribution in [0.3, 0.4) is 0 Å². The van der Waals surface area contributed by atoms with Crippen molar-refractivity contribution in [2.75, 3.05) is 13.7 Å². The van der Waals surface area contributed by atoms with Crippen LogP contribution in [0.2, 0.25) is 0 Å². The number of rotatable bonds is 7. The van der Waals surface area contributed by atoms with Crippen LogP contribution >= 0.6 is 11.3 Å². The fourth-order valence-electron chi connectivity index (χ4n) is 1.86. The zero-order chi connectivity index (χ0) is 16.8. The first-order valence-electron chi connectivity index (χ1n) is 6.91. The second kappa shape index (κ2) is 7.64. The Kier molecular flexibility index (Phi) is 5.59. The van der Waals surface area contributed by atoms with E-state index in [2.05, 4.69) is 5.32 Å². The Hall–Kier alpha value is -2.54. The Morgan fingerprint density at radius 3 is 2.43 bits per heavy atom. The maximum atomic E-state index is 12.1. The molecule has 0 aliphatic carbocycles. The van der Waals surface area contributed by atoms with Gasteiger partial charge in [0.15, 0.2) is 11.5 Å². The normalized spacial score (nSPS) is 11.6. The van der Waals surface area contributed by atoms with Gasteiger partial charge in [0.2, 0.25) is 0 Å². The summed E-state index contributed by atoms with van der Waals surface area (Å²) in [5.41, 5.74) is 0. The van der Waals surface area contributed by atoms with Gasteiger partial charge in [-0.05, 0) is 31.2 Å². The van der Waals surface area contributed by atoms with Crippen molar-refractivity contribution >= 4 is 23.2 Å². The molecule has 0 spiro atoms. The third-order valence-electron chi connectivity index (χ3n) is 2.98. The number of benzene rings is 1. The van der Waals surface area contributed by atoms with E-state index in [1.54, 1.807) is 26.2 Å². The number of carboxylic acids is 1. The molecule has 1 atom stereocenters. The number of ether oxygens (including phenoxy) is 2. The number of carbonyl (C=O) groups is 2. The summed E-state index contributed by atoms with van der Waals surface area (Å²) < 4.78 is 10.8. The molecule has 2 rings (SSSR count). The topological polar surface area (TPSA) is 84.9 Å². The van der Waals surface area contributed by atoms with E-state index in [0.717, 1.165) is 11.3 Å². The summed E-state index contributed by atoms with van der Waals surface area (Å²) in [5, 5.41) is 11.6. The molecular weight excluding hydrogens is 318 g/mol. The lowest BCUT2D eigenvalue weighted by Crippen LogP contribution is -2.36.